The molecule has 1 heterocycles. The highest BCUT2D eigenvalue weighted by Gasteiger charge is 2.16. The van der Waals surface area contributed by atoms with Crippen molar-refractivity contribution in [3.05, 3.63) is 30.1 Å². The zero-order chi connectivity index (χ0) is 14.3. The molecule has 0 aromatic carbocycles. The highest BCUT2D eigenvalue weighted by atomic mass is 16.6. The van der Waals surface area contributed by atoms with Gasteiger partial charge in [-0.05, 0) is 45.4 Å². The normalized spacial score (nSPS) is 12.8. The van der Waals surface area contributed by atoms with Crippen LogP contribution < -0.4 is 10.6 Å². The van der Waals surface area contributed by atoms with E-state index in [0.717, 1.165) is 6.54 Å². The van der Waals surface area contributed by atoms with E-state index in [1.54, 1.807) is 12.4 Å². The van der Waals surface area contributed by atoms with Crippen LogP contribution in [0.5, 0.6) is 0 Å². The fraction of sp³-hybridized carbons (Fsp3) is 0.571. The van der Waals surface area contributed by atoms with Crippen molar-refractivity contribution in [3.63, 3.8) is 0 Å². The molecule has 0 saturated heterocycles. The molecular formula is C14H23N3O2. The summed E-state index contributed by atoms with van der Waals surface area (Å²) < 4.78 is 5.16. The topological polar surface area (TPSA) is 63.2 Å². The fourth-order valence-electron chi connectivity index (χ4n) is 1.42. The summed E-state index contributed by atoms with van der Waals surface area (Å²) in [6.45, 7) is 8.82. The lowest BCUT2D eigenvalue weighted by Gasteiger charge is -2.21. The quantitative estimate of drug-likeness (QED) is 0.855. The number of rotatable bonds is 5. The number of hydrogen-bond acceptors (Lipinski definition) is 4. The minimum absolute atomic E-state index is 0.167. The molecule has 0 aliphatic heterocycles. The number of hydrogen-bond donors (Lipinski definition) is 2. The first-order chi connectivity index (χ1) is 8.87. The molecule has 0 saturated carbocycles. The van der Waals surface area contributed by atoms with Gasteiger partial charge in [-0.25, -0.2) is 4.79 Å². The summed E-state index contributed by atoms with van der Waals surface area (Å²) in [5.41, 5.74) is 0.705. The molecule has 1 atom stereocenters. The molecule has 0 bridgehead atoms. The first-order valence-corrected chi connectivity index (χ1v) is 6.46. The van der Waals surface area contributed by atoms with E-state index < -0.39 is 5.60 Å². The zero-order valence-corrected chi connectivity index (χ0v) is 12.1. The lowest BCUT2D eigenvalue weighted by molar-refractivity contribution is 0.0523. The second-order valence-electron chi connectivity index (χ2n) is 5.52. The minimum Gasteiger partial charge on any atom is -0.444 e. The number of carbonyl (C=O) groups excluding carboxylic acids is 1. The van der Waals surface area contributed by atoms with E-state index in [0.29, 0.717) is 6.54 Å². The molecule has 0 spiro atoms. The average molecular weight is 265 g/mol. The van der Waals surface area contributed by atoms with Crippen molar-refractivity contribution in [1.82, 2.24) is 15.6 Å². The summed E-state index contributed by atoms with van der Waals surface area (Å²) >= 11 is 0. The lowest BCUT2D eigenvalue weighted by Crippen LogP contribution is -2.40. The summed E-state index contributed by atoms with van der Waals surface area (Å²) in [7, 11) is 0. The summed E-state index contributed by atoms with van der Waals surface area (Å²) in [6, 6.07) is 4.09. The van der Waals surface area contributed by atoms with E-state index in [1.807, 2.05) is 39.8 Å². The SMILES string of the molecule is CC(CNC(=O)OC(C)(C)C)NCc1ccncc1. The number of amides is 1. The maximum atomic E-state index is 11.5. The lowest BCUT2D eigenvalue weighted by atomic mass is 10.2. The third-order valence-corrected chi connectivity index (χ3v) is 2.36. The van der Waals surface area contributed by atoms with Crippen LogP contribution in [0.2, 0.25) is 0 Å². The van der Waals surface area contributed by atoms with Gasteiger partial charge < -0.3 is 15.4 Å². The number of nitrogens with zero attached hydrogens (tertiary/aromatic N) is 1. The molecule has 1 unspecified atom stereocenters. The minimum atomic E-state index is -0.461. The Kier molecular flexibility index (Phi) is 5.76. The molecule has 19 heavy (non-hydrogen) atoms. The molecule has 1 aromatic rings. The van der Waals surface area contributed by atoms with Gasteiger partial charge >= 0.3 is 6.09 Å². The Bertz CT molecular complexity index is 387. The maximum absolute atomic E-state index is 11.5. The Morgan fingerprint density at radius 3 is 2.58 bits per heavy atom. The molecule has 0 fully saturated rings. The first-order valence-electron chi connectivity index (χ1n) is 6.46. The van der Waals surface area contributed by atoms with Crippen molar-refractivity contribution in [1.29, 1.82) is 0 Å². The molecule has 2 N–H and O–H groups in total. The molecule has 1 rings (SSSR count). The second kappa shape index (κ2) is 7.09. The van der Waals surface area contributed by atoms with Gasteiger partial charge in [0.1, 0.15) is 5.60 Å². The average Bonchev–Trinajstić information content (AvgIpc) is 2.33. The molecule has 0 aliphatic rings. The van der Waals surface area contributed by atoms with Crippen LogP contribution in [-0.4, -0.2) is 29.3 Å². The predicted molar refractivity (Wildman–Crippen MR) is 74.8 cm³/mol. The monoisotopic (exact) mass is 265 g/mol. The van der Waals surface area contributed by atoms with Crippen LogP contribution in [0.3, 0.4) is 0 Å². The van der Waals surface area contributed by atoms with Gasteiger partial charge in [0.05, 0.1) is 0 Å². The van der Waals surface area contributed by atoms with Gasteiger partial charge in [0, 0.05) is 31.5 Å². The Balaban J connectivity index is 2.21. The molecule has 1 amide bonds. The van der Waals surface area contributed by atoms with Gasteiger partial charge in [-0.1, -0.05) is 0 Å². The molecule has 5 heteroatoms. The number of nitrogens with one attached hydrogen (secondary N) is 2. The van der Waals surface area contributed by atoms with Gasteiger partial charge in [-0.2, -0.15) is 0 Å². The summed E-state index contributed by atoms with van der Waals surface area (Å²) in [5.74, 6) is 0. The van der Waals surface area contributed by atoms with E-state index in [-0.39, 0.29) is 12.1 Å². The zero-order valence-electron chi connectivity index (χ0n) is 12.1. The van der Waals surface area contributed by atoms with Crippen LogP contribution in [0, 0.1) is 0 Å². The third-order valence-electron chi connectivity index (χ3n) is 2.36. The Hall–Kier alpha value is -1.62. The summed E-state index contributed by atoms with van der Waals surface area (Å²) in [6.07, 6.45) is 3.14. The maximum Gasteiger partial charge on any atom is 0.407 e. The van der Waals surface area contributed by atoms with Crippen molar-refractivity contribution in [2.45, 2.75) is 45.9 Å². The Morgan fingerprint density at radius 1 is 1.37 bits per heavy atom. The number of carbonyl (C=O) groups is 1. The Morgan fingerprint density at radius 2 is 2.00 bits per heavy atom. The summed E-state index contributed by atoms with van der Waals surface area (Å²) in [4.78, 5) is 15.4. The van der Waals surface area contributed by atoms with E-state index in [2.05, 4.69) is 15.6 Å². The standard InChI is InChI=1S/C14H23N3O2/c1-11(9-17-13(18)19-14(2,3)4)16-10-12-5-7-15-8-6-12/h5-8,11,16H,9-10H2,1-4H3,(H,17,18). The van der Waals surface area contributed by atoms with Crippen LogP contribution in [0.15, 0.2) is 24.5 Å². The number of ether oxygens (including phenoxy) is 1. The van der Waals surface area contributed by atoms with Crippen LogP contribution in [-0.2, 0) is 11.3 Å². The number of alkyl carbamates (subject to hydrolysis) is 1. The van der Waals surface area contributed by atoms with Gasteiger partial charge in [0.2, 0.25) is 0 Å². The molecule has 5 nitrogen and oxygen atoms in total. The number of pyridine rings is 1. The predicted octanol–water partition coefficient (Wildman–Crippen LogP) is 2.08. The first kappa shape index (κ1) is 15.4. The van der Waals surface area contributed by atoms with E-state index in [9.17, 15) is 4.79 Å². The van der Waals surface area contributed by atoms with Gasteiger partial charge in [-0.3, -0.25) is 4.98 Å². The largest absolute Gasteiger partial charge is 0.444 e. The third kappa shape index (κ3) is 7.41. The Labute approximate surface area is 114 Å². The van der Waals surface area contributed by atoms with E-state index in [4.69, 9.17) is 4.74 Å². The molecule has 0 radical (unpaired) electrons. The number of aromatic nitrogens is 1. The van der Waals surface area contributed by atoms with Crippen LogP contribution in [0.25, 0.3) is 0 Å². The van der Waals surface area contributed by atoms with Gasteiger partial charge in [0.15, 0.2) is 0 Å². The van der Waals surface area contributed by atoms with Gasteiger partial charge in [0.25, 0.3) is 0 Å². The van der Waals surface area contributed by atoms with Crippen LogP contribution in [0.4, 0.5) is 4.79 Å². The second-order valence-corrected chi connectivity index (χ2v) is 5.52. The van der Waals surface area contributed by atoms with E-state index >= 15 is 0 Å². The molecule has 0 aliphatic carbocycles. The molecule has 106 valence electrons. The summed E-state index contributed by atoms with van der Waals surface area (Å²) in [5, 5.41) is 6.06. The highest BCUT2D eigenvalue weighted by Crippen LogP contribution is 2.06. The van der Waals surface area contributed by atoms with Crippen molar-refractivity contribution in [3.8, 4) is 0 Å². The fourth-order valence-corrected chi connectivity index (χ4v) is 1.42. The van der Waals surface area contributed by atoms with Crippen LogP contribution >= 0.6 is 0 Å². The van der Waals surface area contributed by atoms with Crippen LogP contribution in [0.1, 0.15) is 33.3 Å². The molecule has 1 aromatic heterocycles. The van der Waals surface area contributed by atoms with Gasteiger partial charge in [-0.15, -0.1) is 0 Å². The van der Waals surface area contributed by atoms with Crippen molar-refractivity contribution in [2.75, 3.05) is 6.54 Å². The molecular weight excluding hydrogens is 242 g/mol. The van der Waals surface area contributed by atoms with Crippen molar-refractivity contribution in [2.24, 2.45) is 0 Å². The van der Waals surface area contributed by atoms with Crippen molar-refractivity contribution >= 4 is 6.09 Å². The van der Waals surface area contributed by atoms with Crippen molar-refractivity contribution < 1.29 is 9.53 Å². The van der Waals surface area contributed by atoms with E-state index in [1.165, 1.54) is 5.56 Å². The highest BCUT2D eigenvalue weighted by molar-refractivity contribution is 5.67. The smallest absolute Gasteiger partial charge is 0.407 e.